The highest BCUT2D eigenvalue weighted by atomic mass is 19.1. The van der Waals surface area contributed by atoms with Crippen molar-refractivity contribution in [1.82, 2.24) is 25.2 Å². The molecule has 0 spiro atoms. The number of carbonyl (C=O) groups excluding carboxylic acids is 1. The van der Waals surface area contributed by atoms with Crippen LogP contribution in [0.15, 0.2) is 48.8 Å². The van der Waals surface area contributed by atoms with Crippen LogP contribution >= 0.6 is 0 Å². The smallest absolute Gasteiger partial charge is 0.230 e. The predicted molar refractivity (Wildman–Crippen MR) is 122 cm³/mol. The van der Waals surface area contributed by atoms with Crippen LogP contribution in [0.2, 0.25) is 0 Å². The molecule has 2 N–H and O–H groups in total. The summed E-state index contributed by atoms with van der Waals surface area (Å²) < 4.78 is 25.3. The van der Waals surface area contributed by atoms with Gasteiger partial charge in [-0.25, -0.2) is 9.37 Å². The molecule has 2 aromatic heterocycles. The molecule has 33 heavy (non-hydrogen) atoms. The number of halogens is 1. The van der Waals surface area contributed by atoms with E-state index in [1.165, 1.54) is 12.1 Å². The minimum Gasteiger partial charge on any atom is -0.354 e. The lowest BCUT2D eigenvalue weighted by molar-refractivity contribution is -0.231. The van der Waals surface area contributed by atoms with Crippen molar-refractivity contribution in [3.63, 3.8) is 0 Å². The van der Waals surface area contributed by atoms with E-state index in [2.05, 4.69) is 15.3 Å². The number of ether oxygens (including phenoxy) is 2. The quantitative estimate of drug-likeness (QED) is 0.571. The number of hydrogen-bond acceptors (Lipinski definition) is 6. The monoisotopic (exact) mass is 453 g/mol. The number of carbonyl (C=O) groups is 1. The average Bonchev–Trinajstić information content (AvgIpc) is 3.26. The fourth-order valence-corrected chi connectivity index (χ4v) is 3.55. The molecule has 1 aliphatic heterocycles. The van der Waals surface area contributed by atoms with Crippen molar-refractivity contribution in [3.8, 4) is 22.5 Å². The second-order valence-electron chi connectivity index (χ2n) is 8.66. The van der Waals surface area contributed by atoms with Gasteiger partial charge >= 0.3 is 0 Å². The van der Waals surface area contributed by atoms with Crippen molar-refractivity contribution in [2.75, 3.05) is 40.4 Å². The van der Waals surface area contributed by atoms with Crippen LogP contribution in [0.3, 0.4) is 0 Å². The van der Waals surface area contributed by atoms with Gasteiger partial charge in [-0.05, 0) is 57.4 Å². The average molecular weight is 454 g/mol. The van der Waals surface area contributed by atoms with Gasteiger partial charge in [0.2, 0.25) is 12.2 Å². The summed E-state index contributed by atoms with van der Waals surface area (Å²) in [5.74, 6) is 0.0602. The molecule has 1 fully saturated rings. The van der Waals surface area contributed by atoms with Gasteiger partial charge in [0.1, 0.15) is 5.82 Å². The van der Waals surface area contributed by atoms with E-state index in [0.29, 0.717) is 18.1 Å². The number of nitrogens with one attached hydrogen (secondary N) is 2. The Morgan fingerprint density at radius 1 is 1.15 bits per heavy atom. The minimum absolute atomic E-state index is 0.105. The van der Waals surface area contributed by atoms with Crippen LogP contribution in [0.25, 0.3) is 22.5 Å². The Balaban J connectivity index is 1.53. The van der Waals surface area contributed by atoms with Crippen LogP contribution in [-0.4, -0.2) is 66.2 Å². The first-order valence-electron chi connectivity index (χ1n) is 10.8. The number of H-pyrrole nitrogens is 1. The minimum atomic E-state index is -0.789. The van der Waals surface area contributed by atoms with E-state index >= 15 is 0 Å². The first-order valence-corrected chi connectivity index (χ1v) is 10.8. The summed E-state index contributed by atoms with van der Waals surface area (Å²) in [5, 5.41) is 2.94. The number of amides is 1. The number of nitrogens with zero attached hydrogens (tertiary/aromatic N) is 3. The van der Waals surface area contributed by atoms with E-state index in [1.54, 1.807) is 24.5 Å². The van der Waals surface area contributed by atoms with Crippen LogP contribution in [0, 0.1) is 11.2 Å². The molecule has 1 saturated heterocycles. The summed E-state index contributed by atoms with van der Waals surface area (Å²) in [7, 11) is 3.91. The standard InChI is InChI=1S/C24H28FN5O3/c1-24(23(31)27-12-13-30(2)3)14-32-22(33-15-24)21-28-19(16-4-6-18(25)7-5-16)20(29-21)17-8-10-26-11-9-17/h4-11,22H,12-15H2,1-3H3,(H,27,31)(H,28,29). The molecule has 4 rings (SSSR count). The Bertz CT molecular complexity index is 1080. The number of imidazole rings is 1. The van der Waals surface area contributed by atoms with Gasteiger partial charge in [-0.1, -0.05) is 0 Å². The maximum Gasteiger partial charge on any atom is 0.230 e. The predicted octanol–water partition coefficient (Wildman–Crippen LogP) is 3.01. The molecule has 174 valence electrons. The normalized spacial score (nSPS) is 20.7. The molecule has 3 aromatic rings. The van der Waals surface area contributed by atoms with Gasteiger partial charge < -0.3 is 24.7 Å². The fraction of sp³-hybridized carbons (Fsp3) is 0.375. The van der Waals surface area contributed by atoms with E-state index in [-0.39, 0.29) is 24.9 Å². The van der Waals surface area contributed by atoms with Gasteiger partial charge in [0.15, 0.2) is 5.82 Å². The van der Waals surface area contributed by atoms with Crippen molar-refractivity contribution in [1.29, 1.82) is 0 Å². The zero-order valence-electron chi connectivity index (χ0n) is 19.0. The lowest BCUT2D eigenvalue weighted by Crippen LogP contribution is -2.49. The van der Waals surface area contributed by atoms with E-state index in [4.69, 9.17) is 14.5 Å². The molecule has 1 aromatic carbocycles. The molecule has 3 heterocycles. The molecule has 0 atom stereocenters. The Morgan fingerprint density at radius 2 is 1.82 bits per heavy atom. The van der Waals surface area contributed by atoms with Crippen LogP contribution in [0.5, 0.6) is 0 Å². The lowest BCUT2D eigenvalue weighted by atomic mass is 9.91. The molecule has 9 heteroatoms. The number of aromatic amines is 1. The van der Waals surface area contributed by atoms with Crippen molar-refractivity contribution in [2.24, 2.45) is 5.41 Å². The highest BCUT2D eigenvalue weighted by molar-refractivity contribution is 5.82. The molecular weight excluding hydrogens is 425 g/mol. The van der Waals surface area contributed by atoms with Crippen LogP contribution < -0.4 is 5.32 Å². The van der Waals surface area contributed by atoms with Gasteiger partial charge in [0.05, 0.1) is 30.0 Å². The van der Waals surface area contributed by atoms with Gasteiger partial charge in [-0.15, -0.1) is 0 Å². The van der Waals surface area contributed by atoms with Gasteiger partial charge in [0.25, 0.3) is 0 Å². The van der Waals surface area contributed by atoms with Crippen LogP contribution in [0.4, 0.5) is 4.39 Å². The maximum absolute atomic E-state index is 13.5. The second kappa shape index (κ2) is 9.78. The van der Waals surface area contributed by atoms with Crippen molar-refractivity contribution < 1.29 is 18.7 Å². The van der Waals surface area contributed by atoms with Crippen LogP contribution in [-0.2, 0) is 14.3 Å². The first kappa shape index (κ1) is 23.0. The van der Waals surface area contributed by atoms with E-state index in [9.17, 15) is 9.18 Å². The number of pyridine rings is 1. The van der Waals surface area contributed by atoms with Crippen molar-refractivity contribution in [3.05, 3.63) is 60.4 Å². The Labute approximate surface area is 192 Å². The number of hydrogen-bond donors (Lipinski definition) is 2. The number of rotatable bonds is 7. The molecule has 0 unspecified atom stereocenters. The largest absolute Gasteiger partial charge is 0.354 e. The molecule has 0 radical (unpaired) electrons. The summed E-state index contributed by atoms with van der Waals surface area (Å²) in [6, 6.07) is 9.88. The molecule has 8 nitrogen and oxygen atoms in total. The zero-order valence-corrected chi connectivity index (χ0v) is 19.0. The van der Waals surface area contributed by atoms with E-state index < -0.39 is 11.7 Å². The molecule has 1 amide bonds. The second-order valence-corrected chi connectivity index (χ2v) is 8.66. The summed E-state index contributed by atoms with van der Waals surface area (Å²) in [4.78, 5) is 26.7. The highest BCUT2D eigenvalue weighted by Crippen LogP contribution is 2.35. The van der Waals surface area contributed by atoms with E-state index in [0.717, 1.165) is 23.4 Å². The third-order valence-corrected chi connectivity index (χ3v) is 5.53. The molecular formula is C24H28FN5O3. The molecule has 0 aliphatic carbocycles. The van der Waals surface area contributed by atoms with Gasteiger partial charge in [-0.3, -0.25) is 9.78 Å². The van der Waals surface area contributed by atoms with E-state index in [1.807, 2.05) is 38.1 Å². The maximum atomic E-state index is 13.5. The Kier molecular flexibility index (Phi) is 6.83. The Morgan fingerprint density at radius 3 is 2.45 bits per heavy atom. The third-order valence-electron chi connectivity index (χ3n) is 5.53. The molecule has 1 aliphatic rings. The molecule has 0 bridgehead atoms. The summed E-state index contributed by atoms with van der Waals surface area (Å²) in [5.41, 5.74) is 2.25. The lowest BCUT2D eigenvalue weighted by Gasteiger charge is -2.35. The molecule has 0 saturated carbocycles. The third kappa shape index (κ3) is 5.27. The summed E-state index contributed by atoms with van der Waals surface area (Å²) in [6.07, 6.45) is 2.64. The Hall–Kier alpha value is -3.14. The first-order chi connectivity index (χ1) is 15.9. The number of likely N-dealkylation sites (N-methyl/N-ethyl adjacent to an activating group) is 1. The number of benzene rings is 1. The highest BCUT2D eigenvalue weighted by Gasteiger charge is 2.40. The SMILES string of the molecule is CN(C)CCNC(=O)C1(C)COC(c2nc(-c3ccc(F)cc3)c(-c3ccncc3)[nH]2)OC1. The van der Waals surface area contributed by atoms with Crippen molar-refractivity contribution >= 4 is 5.91 Å². The van der Waals surface area contributed by atoms with Gasteiger partial charge in [0, 0.05) is 36.6 Å². The van der Waals surface area contributed by atoms with Crippen LogP contribution in [0.1, 0.15) is 19.0 Å². The van der Waals surface area contributed by atoms with Crippen molar-refractivity contribution in [2.45, 2.75) is 13.2 Å². The van der Waals surface area contributed by atoms with Gasteiger partial charge in [-0.2, -0.15) is 0 Å². The summed E-state index contributed by atoms with van der Waals surface area (Å²) in [6.45, 7) is 3.52. The summed E-state index contributed by atoms with van der Waals surface area (Å²) >= 11 is 0. The fourth-order valence-electron chi connectivity index (χ4n) is 3.55. The topological polar surface area (TPSA) is 92.4 Å². The zero-order chi connectivity index (χ0) is 23.4. The number of aromatic nitrogens is 3.